The van der Waals surface area contributed by atoms with Gasteiger partial charge in [0.15, 0.2) is 0 Å². The monoisotopic (exact) mass is 480 g/mol. The minimum Gasteiger partial charge on any atom is -0.391 e. The van der Waals surface area contributed by atoms with Crippen molar-refractivity contribution in [3.63, 3.8) is 0 Å². The third-order valence-electron chi connectivity index (χ3n) is 4.33. The summed E-state index contributed by atoms with van der Waals surface area (Å²) in [5, 5.41) is 5.92. The van der Waals surface area contributed by atoms with E-state index >= 15 is 0 Å². The van der Waals surface area contributed by atoms with Crippen LogP contribution in [0.4, 0.5) is 5.69 Å². The van der Waals surface area contributed by atoms with E-state index in [0.29, 0.717) is 5.69 Å². The van der Waals surface area contributed by atoms with Crippen LogP contribution in [0, 0.1) is 6.92 Å². The van der Waals surface area contributed by atoms with Crippen LogP contribution in [0.3, 0.4) is 0 Å². The molecule has 0 aliphatic rings. The molecule has 2 rings (SSSR count). The molecule has 1 aromatic carbocycles. The molecule has 0 spiro atoms. The lowest BCUT2D eigenvalue weighted by atomic mass is 10.1. The van der Waals surface area contributed by atoms with Gasteiger partial charge in [-0.1, -0.05) is 33.4 Å². The van der Waals surface area contributed by atoms with Gasteiger partial charge in [0, 0.05) is 5.69 Å². The van der Waals surface area contributed by atoms with Crippen molar-refractivity contribution in [2.24, 2.45) is 16.6 Å². The minimum atomic E-state index is -3.98. The Morgan fingerprint density at radius 2 is 1.91 bits per heavy atom. The molecule has 0 bridgehead atoms. The van der Waals surface area contributed by atoms with Gasteiger partial charge in [-0.2, -0.15) is 0 Å². The van der Waals surface area contributed by atoms with Crippen molar-refractivity contribution in [1.82, 2.24) is 9.88 Å². The molecule has 0 saturated carbocycles. The highest BCUT2D eigenvalue weighted by Gasteiger charge is 2.19. The van der Waals surface area contributed by atoms with Gasteiger partial charge in [0.05, 0.1) is 11.4 Å². The molecule has 182 valence electrons. The number of aromatic nitrogens is 1. The molecule has 1 heterocycles. The quantitative estimate of drug-likeness (QED) is 0.170. The standard InChI is InChI=1S/C20H28N6O5S.CH4/c1-13(2)17-8-7-16(25-32(29,30)15-6-4-5-14(3)11-15)19(28)26(17)12-18(27)23-9-10-31-24-20(21)22;/h4-8,11,13,25H,9-10,12H2,1-3H3,(H,23,27)(H4,21,22,24);1H4. The lowest BCUT2D eigenvalue weighted by Crippen LogP contribution is -2.36. The molecule has 0 fully saturated rings. The summed E-state index contributed by atoms with van der Waals surface area (Å²) in [7, 11) is -3.98. The van der Waals surface area contributed by atoms with Crippen LogP contribution in [0.25, 0.3) is 0 Å². The summed E-state index contributed by atoms with van der Waals surface area (Å²) in [6.07, 6.45) is 0. The highest BCUT2D eigenvalue weighted by molar-refractivity contribution is 7.92. The number of sulfonamides is 1. The maximum absolute atomic E-state index is 13.0. The summed E-state index contributed by atoms with van der Waals surface area (Å²) in [6.45, 7) is 5.34. The van der Waals surface area contributed by atoms with E-state index in [1.54, 1.807) is 25.1 Å². The van der Waals surface area contributed by atoms with Crippen LogP contribution in [0.5, 0.6) is 0 Å². The molecule has 33 heavy (non-hydrogen) atoms. The van der Waals surface area contributed by atoms with Crippen molar-refractivity contribution in [2.75, 3.05) is 17.9 Å². The van der Waals surface area contributed by atoms with Crippen LogP contribution in [0.2, 0.25) is 0 Å². The molecular formula is C21H32N6O5S. The van der Waals surface area contributed by atoms with Gasteiger partial charge in [0.2, 0.25) is 11.9 Å². The largest absolute Gasteiger partial charge is 0.391 e. The summed E-state index contributed by atoms with van der Waals surface area (Å²) in [5.74, 6) is -0.779. The van der Waals surface area contributed by atoms with Gasteiger partial charge in [-0.05, 0) is 47.8 Å². The molecule has 0 radical (unpaired) electrons. The van der Waals surface area contributed by atoms with Crippen molar-refractivity contribution >= 4 is 27.6 Å². The van der Waals surface area contributed by atoms with E-state index in [2.05, 4.69) is 15.2 Å². The van der Waals surface area contributed by atoms with Gasteiger partial charge in [0.1, 0.15) is 18.8 Å². The van der Waals surface area contributed by atoms with E-state index in [0.717, 1.165) is 5.56 Å². The van der Waals surface area contributed by atoms with Gasteiger partial charge in [0.25, 0.3) is 15.6 Å². The summed E-state index contributed by atoms with van der Waals surface area (Å²) >= 11 is 0. The average Bonchev–Trinajstić information content (AvgIpc) is 2.70. The molecule has 1 aromatic heterocycles. The Bertz CT molecular complexity index is 1150. The van der Waals surface area contributed by atoms with Gasteiger partial charge in [-0.15, -0.1) is 0 Å². The van der Waals surface area contributed by atoms with Crippen molar-refractivity contribution in [3.8, 4) is 0 Å². The van der Waals surface area contributed by atoms with Crippen molar-refractivity contribution < 1.29 is 18.0 Å². The Hall–Kier alpha value is -3.54. The Balaban J connectivity index is 0.00000544. The van der Waals surface area contributed by atoms with E-state index in [-0.39, 0.29) is 49.6 Å². The first-order valence-corrected chi connectivity index (χ1v) is 11.3. The molecule has 0 aliphatic carbocycles. The third kappa shape index (κ3) is 7.83. The van der Waals surface area contributed by atoms with Crippen molar-refractivity contribution in [3.05, 3.63) is 58.0 Å². The highest BCUT2D eigenvalue weighted by atomic mass is 32.2. The maximum atomic E-state index is 13.0. The molecule has 6 N–H and O–H groups in total. The van der Waals surface area contributed by atoms with Crippen LogP contribution in [0.1, 0.15) is 38.4 Å². The number of guanidine groups is 1. The first kappa shape index (κ1) is 27.5. The summed E-state index contributed by atoms with van der Waals surface area (Å²) in [6, 6.07) is 9.35. The van der Waals surface area contributed by atoms with Gasteiger partial charge in [-0.3, -0.25) is 14.3 Å². The zero-order chi connectivity index (χ0) is 23.9. The number of aryl methyl sites for hydroxylation is 1. The molecule has 0 unspecified atom stereocenters. The van der Waals surface area contributed by atoms with Crippen LogP contribution in [-0.4, -0.2) is 38.0 Å². The number of oxime groups is 1. The van der Waals surface area contributed by atoms with E-state index in [9.17, 15) is 18.0 Å². The van der Waals surface area contributed by atoms with Crippen molar-refractivity contribution in [2.45, 2.75) is 45.6 Å². The molecule has 12 heteroatoms. The van der Waals surface area contributed by atoms with Gasteiger partial charge < -0.3 is 26.2 Å². The number of anilines is 1. The smallest absolute Gasteiger partial charge is 0.275 e. The number of amides is 1. The summed E-state index contributed by atoms with van der Waals surface area (Å²) in [4.78, 5) is 30.2. The Morgan fingerprint density at radius 3 is 2.52 bits per heavy atom. The summed E-state index contributed by atoms with van der Waals surface area (Å²) < 4.78 is 29.0. The second-order valence-corrected chi connectivity index (χ2v) is 9.02. The Morgan fingerprint density at radius 1 is 1.21 bits per heavy atom. The van der Waals surface area contributed by atoms with Crippen LogP contribution >= 0.6 is 0 Å². The maximum Gasteiger partial charge on any atom is 0.275 e. The molecule has 0 saturated heterocycles. The second-order valence-electron chi connectivity index (χ2n) is 7.34. The first-order valence-electron chi connectivity index (χ1n) is 9.82. The van der Waals surface area contributed by atoms with E-state index in [4.69, 9.17) is 16.3 Å². The van der Waals surface area contributed by atoms with Crippen molar-refractivity contribution in [1.29, 1.82) is 0 Å². The zero-order valence-electron chi connectivity index (χ0n) is 18.2. The lowest BCUT2D eigenvalue weighted by Gasteiger charge is -2.17. The number of hydrogen-bond donors (Lipinski definition) is 4. The predicted octanol–water partition coefficient (Wildman–Crippen LogP) is 1.04. The number of hydrogen-bond acceptors (Lipinski definition) is 6. The number of carbonyl (C=O) groups is 1. The molecule has 0 atom stereocenters. The lowest BCUT2D eigenvalue weighted by molar-refractivity contribution is -0.122. The van der Waals surface area contributed by atoms with Gasteiger partial charge in [-0.25, -0.2) is 8.42 Å². The Labute approximate surface area is 193 Å². The van der Waals surface area contributed by atoms with Crippen LogP contribution < -0.4 is 27.1 Å². The van der Waals surface area contributed by atoms with E-state index in [1.807, 2.05) is 13.8 Å². The SMILES string of the molecule is C.Cc1cccc(S(=O)(=O)Nc2ccc(C(C)C)n(CC(=O)NCCON=C(N)N)c2=O)c1. The molecule has 2 aromatic rings. The minimum absolute atomic E-state index is 0. The number of nitrogens with zero attached hydrogens (tertiary/aromatic N) is 2. The number of rotatable bonds is 10. The normalized spacial score (nSPS) is 10.8. The van der Waals surface area contributed by atoms with E-state index in [1.165, 1.54) is 22.8 Å². The predicted molar refractivity (Wildman–Crippen MR) is 128 cm³/mol. The first-order chi connectivity index (χ1) is 15.0. The number of benzene rings is 1. The number of carbonyl (C=O) groups excluding carboxylic acids is 1. The number of nitrogens with two attached hydrogens (primary N) is 2. The highest BCUT2D eigenvalue weighted by Crippen LogP contribution is 2.18. The topological polar surface area (TPSA) is 171 Å². The molecule has 11 nitrogen and oxygen atoms in total. The fourth-order valence-corrected chi connectivity index (χ4v) is 4.04. The zero-order valence-corrected chi connectivity index (χ0v) is 19.0. The molecule has 1 amide bonds. The Kier molecular flexibility index (Phi) is 9.92. The summed E-state index contributed by atoms with van der Waals surface area (Å²) in [5.41, 5.74) is 10.8. The molecular weight excluding hydrogens is 448 g/mol. The second kappa shape index (κ2) is 11.9. The number of pyridine rings is 1. The van der Waals surface area contributed by atoms with Crippen LogP contribution in [0.15, 0.2) is 51.2 Å². The van der Waals surface area contributed by atoms with Gasteiger partial charge >= 0.3 is 0 Å². The van der Waals surface area contributed by atoms with Crippen LogP contribution in [-0.2, 0) is 26.2 Å². The fourth-order valence-electron chi connectivity index (χ4n) is 2.88. The van der Waals surface area contributed by atoms with E-state index < -0.39 is 21.5 Å². The third-order valence-corrected chi connectivity index (χ3v) is 5.69. The number of nitrogens with one attached hydrogen (secondary N) is 2. The average molecular weight is 481 g/mol. The fraction of sp³-hybridized carbons (Fsp3) is 0.381. The molecule has 0 aliphatic heterocycles.